The van der Waals surface area contributed by atoms with Gasteiger partial charge in [-0.05, 0) is 46.0 Å². The largest absolute Gasteiger partial charge is 0.444 e. The second-order valence-electron chi connectivity index (χ2n) is 6.01. The topological polar surface area (TPSA) is 55.4 Å². The predicted molar refractivity (Wildman–Crippen MR) is 65.7 cm³/mol. The van der Waals surface area contributed by atoms with Gasteiger partial charge in [0.15, 0.2) is 5.78 Å². The van der Waals surface area contributed by atoms with Crippen molar-refractivity contribution in [2.45, 2.75) is 59.1 Å². The number of alkyl carbamates (subject to hydrolysis) is 1. The number of hydrogen-bond acceptors (Lipinski definition) is 3. The van der Waals surface area contributed by atoms with Crippen LogP contribution in [-0.2, 0) is 9.53 Å². The van der Waals surface area contributed by atoms with Crippen molar-refractivity contribution in [3.8, 4) is 0 Å². The van der Waals surface area contributed by atoms with Gasteiger partial charge in [-0.1, -0.05) is 6.92 Å². The minimum Gasteiger partial charge on any atom is -0.444 e. The number of ketones is 1. The van der Waals surface area contributed by atoms with Gasteiger partial charge < -0.3 is 10.1 Å². The van der Waals surface area contributed by atoms with Crippen molar-refractivity contribution in [1.82, 2.24) is 5.32 Å². The number of amides is 1. The Morgan fingerprint density at radius 2 is 1.94 bits per heavy atom. The molecule has 0 saturated heterocycles. The van der Waals surface area contributed by atoms with E-state index in [2.05, 4.69) is 12.2 Å². The highest BCUT2D eigenvalue weighted by atomic mass is 16.6. The van der Waals surface area contributed by atoms with E-state index < -0.39 is 17.7 Å². The summed E-state index contributed by atoms with van der Waals surface area (Å²) in [7, 11) is 0. The maximum absolute atomic E-state index is 11.8. The summed E-state index contributed by atoms with van der Waals surface area (Å²) in [4.78, 5) is 23.2. The molecule has 1 amide bonds. The molecule has 0 heterocycles. The molecular formula is C13H23NO3. The Morgan fingerprint density at radius 3 is 2.35 bits per heavy atom. The molecule has 1 saturated carbocycles. The molecule has 17 heavy (non-hydrogen) atoms. The van der Waals surface area contributed by atoms with Crippen LogP contribution in [0.3, 0.4) is 0 Å². The van der Waals surface area contributed by atoms with Crippen LogP contribution in [0.4, 0.5) is 4.79 Å². The van der Waals surface area contributed by atoms with E-state index in [1.165, 1.54) is 0 Å². The molecule has 0 bridgehead atoms. The van der Waals surface area contributed by atoms with Crippen LogP contribution in [0.2, 0.25) is 0 Å². The molecule has 2 unspecified atom stereocenters. The lowest BCUT2D eigenvalue weighted by Crippen LogP contribution is -2.41. The minimum atomic E-state index is -0.530. The zero-order chi connectivity index (χ0) is 13.2. The van der Waals surface area contributed by atoms with Gasteiger partial charge in [0, 0.05) is 6.42 Å². The molecule has 1 fully saturated rings. The van der Waals surface area contributed by atoms with E-state index in [1.807, 2.05) is 0 Å². The van der Waals surface area contributed by atoms with E-state index in [-0.39, 0.29) is 5.78 Å². The van der Waals surface area contributed by atoms with Crippen molar-refractivity contribution < 1.29 is 14.3 Å². The third-order valence-corrected chi connectivity index (χ3v) is 2.96. The van der Waals surface area contributed by atoms with Gasteiger partial charge in [0.1, 0.15) is 5.60 Å². The monoisotopic (exact) mass is 241 g/mol. The Morgan fingerprint density at radius 1 is 1.41 bits per heavy atom. The highest BCUT2D eigenvalue weighted by Crippen LogP contribution is 2.40. The predicted octanol–water partition coefficient (Wildman–Crippen LogP) is 2.51. The van der Waals surface area contributed by atoms with Crippen LogP contribution in [0.25, 0.3) is 0 Å². The molecule has 0 spiro atoms. The van der Waals surface area contributed by atoms with E-state index in [9.17, 15) is 9.59 Å². The van der Waals surface area contributed by atoms with E-state index in [0.717, 1.165) is 6.42 Å². The van der Waals surface area contributed by atoms with Crippen LogP contribution < -0.4 is 5.32 Å². The highest BCUT2D eigenvalue weighted by Gasteiger charge is 2.35. The summed E-state index contributed by atoms with van der Waals surface area (Å²) in [5.41, 5.74) is -0.530. The van der Waals surface area contributed by atoms with Gasteiger partial charge in [0.2, 0.25) is 0 Å². The van der Waals surface area contributed by atoms with E-state index in [1.54, 1.807) is 27.7 Å². The second kappa shape index (κ2) is 5.07. The molecule has 0 aromatic heterocycles. The van der Waals surface area contributed by atoms with Crippen LogP contribution >= 0.6 is 0 Å². The molecule has 98 valence electrons. The standard InChI is InChI=1S/C13H23NO3/c1-8-6-10(8)7-11(15)9(2)14-12(16)17-13(3,4)5/h8-10H,6-7H2,1-5H3,(H,14,16)/t8?,9-,10?/m1/s1. The Hall–Kier alpha value is -1.06. The van der Waals surface area contributed by atoms with Crippen LogP contribution in [0.5, 0.6) is 0 Å². The quantitative estimate of drug-likeness (QED) is 0.822. The fourth-order valence-electron chi connectivity index (χ4n) is 1.68. The first-order valence-electron chi connectivity index (χ1n) is 6.21. The zero-order valence-corrected chi connectivity index (χ0v) is 11.4. The lowest BCUT2D eigenvalue weighted by atomic mass is 10.1. The normalized spacial score (nSPS) is 25.0. The smallest absolute Gasteiger partial charge is 0.408 e. The molecule has 1 aliphatic carbocycles. The number of hydrogen-bond donors (Lipinski definition) is 1. The van der Waals surface area contributed by atoms with Crippen LogP contribution in [-0.4, -0.2) is 23.5 Å². The first kappa shape index (κ1) is 14.0. The Kier molecular flexibility index (Phi) is 4.17. The molecule has 3 atom stereocenters. The number of nitrogens with one attached hydrogen (secondary N) is 1. The summed E-state index contributed by atoms with van der Waals surface area (Å²) >= 11 is 0. The molecule has 1 N–H and O–H groups in total. The summed E-state index contributed by atoms with van der Waals surface area (Å²) in [6.45, 7) is 9.24. The van der Waals surface area contributed by atoms with Crippen molar-refractivity contribution in [2.24, 2.45) is 11.8 Å². The average molecular weight is 241 g/mol. The Balaban J connectivity index is 2.30. The summed E-state index contributed by atoms with van der Waals surface area (Å²) < 4.78 is 5.10. The minimum absolute atomic E-state index is 0.0882. The molecule has 4 heteroatoms. The van der Waals surface area contributed by atoms with Crippen molar-refractivity contribution in [3.05, 3.63) is 0 Å². The van der Waals surface area contributed by atoms with Crippen molar-refractivity contribution in [2.75, 3.05) is 0 Å². The van der Waals surface area contributed by atoms with Gasteiger partial charge in [-0.3, -0.25) is 4.79 Å². The summed E-state index contributed by atoms with van der Waals surface area (Å²) in [5, 5.41) is 2.57. The van der Waals surface area contributed by atoms with Gasteiger partial charge in [0.05, 0.1) is 6.04 Å². The van der Waals surface area contributed by atoms with E-state index in [0.29, 0.717) is 18.3 Å². The molecule has 0 radical (unpaired) electrons. The average Bonchev–Trinajstić information content (AvgIpc) is 2.77. The number of carbonyl (C=O) groups is 2. The molecule has 1 aliphatic rings. The number of ether oxygens (including phenoxy) is 1. The molecule has 0 aliphatic heterocycles. The van der Waals surface area contributed by atoms with Gasteiger partial charge in [0.25, 0.3) is 0 Å². The maximum atomic E-state index is 11.8. The van der Waals surface area contributed by atoms with Crippen molar-refractivity contribution in [3.63, 3.8) is 0 Å². The van der Waals surface area contributed by atoms with Crippen molar-refractivity contribution in [1.29, 1.82) is 0 Å². The van der Waals surface area contributed by atoms with E-state index >= 15 is 0 Å². The zero-order valence-electron chi connectivity index (χ0n) is 11.4. The first-order chi connectivity index (χ1) is 7.69. The molecule has 4 nitrogen and oxygen atoms in total. The van der Waals surface area contributed by atoms with E-state index in [4.69, 9.17) is 4.74 Å². The van der Waals surface area contributed by atoms with Crippen LogP contribution in [0, 0.1) is 11.8 Å². The Bertz CT molecular complexity index is 306. The van der Waals surface area contributed by atoms with Crippen molar-refractivity contribution >= 4 is 11.9 Å². The second-order valence-corrected chi connectivity index (χ2v) is 6.01. The number of Topliss-reactive ketones (excluding diaryl/α,β-unsaturated/α-hetero) is 1. The van der Waals surface area contributed by atoms with Crippen LogP contribution in [0.15, 0.2) is 0 Å². The third-order valence-electron chi connectivity index (χ3n) is 2.96. The number of carbonyl (C=O) groups excluding carboxylic acids is 2. The van der Waals surface area contributed by atoms with Gasteiger partial charge >= 0.3 is 6.09 Å². The van der Waals surface area contributed by atoms with Gasteiger partial charge in [-0.2, -0.15) is 0 Å². The SMILES string of the molecule is CC1CC1CC(=O)[C@@H](C)NC(=O)OC(C)(C)C. The van der Waals surface area contributed by atoms with Crippen LogP contribution in [0.1, 0.15) is 47.5 Å². The fraction of sp³-hybridized carbons (Fsp3) is 0.846. The summed E-state index contributed by atoms with van der Waals surface area (Å²) in [6, 6.07) is -0.461. The van der Waals surface area contributed by atoms with Gasteiger partial charge in [-0.15, -0.1) is 0 Å². The highest BCUT2D eigenvalue weighted by molar-refractivity contribution is 5.87. The molecule has 0 aromatic carbocycles. The fourth-order valence-corrected chi connectivity index (χ4v) is 1.68. The molecule has 1 rings (SSSR count). The summed E-state index contributed by atoms with van der Waals surface area (Å²) in [5.74, 6) is 1.27. The van der Waals surface area contributed by atoms with Gasteiger partial charge in [-0.25, -0.2) is 4.79 Å². The lowest BCUT2D eigenvalue weighted by Gasteiger charge is -2.21. The maximum Gasteiger partial charge on any atom is 0.408 e. The third kappa shape index (κ3) is 5.20. The summed E-state index contributed by atoms with van der Waals surface area (Å²) in [6.07, 6.45) is 1.17. The number of rotatable bonds is 4. The lowest BCUT2D eigenvalue weighted by molar-refractivity contribution is -0.121. The molecule has 0 aromatic rings. The molecular weight excluding hydrogens is 218 g/mol. The first-order valence-corrected chi connectivity index (χ1v) is 6.21. The Labute approximate surface area is 103 Å².